The molecule has 0 saturated carbocycles. The highest BCUT2D eigenvalue weighted by atomic mass is 16.5. The molecule has 4 heteroatoms. The molecule has 2 saturated heterocycles. The smallest absolute Gasteiger partial charge is 0.139 e. The summed E-state index contributed by atoms with van der Waals surface area (Å²) in [5.41, 5.74) is 0. The van der Waals surface area contributed by atoms with Gasteiger partial charge in [0, 0.05) is 31.5 Å². The van der Waals surface area contributed by atoms with Gasteiger partial charge in [-0.25, -0.2) is 0 Å². The number of carbonyl (C=O) groups is 1. The molecule has 1 N–H and O–H groups in total. The van der Waals surface area contributed by atoms with Crippen LogP contribution in [-0.4, -0.2) is 44.8 Å². The molecule has 0 aliphatic carbocycles. The number of nitrogens with one attached hydrogen (secondary N) is 1. The van der Waals surface area contributed by atoms with Crippen LogP contribution in [0, 0.1) is 5.92 Å². The molecule has 2 rings (SSSR count). The second kappa shape index (κ2) is 5.58. The van der Waals surface area contributed by atoms with Gasteiger partial charge in [0.15, 0.2) is 0 Å². The van der Waals surface area contributed by atoms with Crippen LogP contribution in [0.4, 0.5) is 0 Å². The summed E-state index contributed by atoms with van der Waals surface area (Å²) >= 11 is 0. The molecule has 2 fully saturated rings. The third-order valence-corrected chi connectivity index (χ3v) is 3.06. The van der Waals surface area contributed by atoms with Crippen LogP contribution >= 0.6 is 0 Å². The van der Waals surface area contributed by atoms with Gasteiger partial charge in [-0.2, -0.15) is 0 Å². The zero-order valence-corrected chi connectivity index (χ0v) is 9.04. The maximum absolute atomic E-state index is 11.9. The van der Waals surface area contributed by atoms with Crippen molar-refractivity contribution >= 4 is 5.78 Å². The molecule has 0 spiro atoms. The SMILES string of the molecule is O=C(CC1COCCN1)C1CCCOC1. The fraction of sp³-hybridized carbons (Fsp3) is 0.909. The van der Waals surface area contributed by atoms with Crippen LogP contribution in [0.15, 0.2) is 0 Å². The number of Topliss-reactive ketones (excluding diaryl/α,β-unsaturated/α-hetero) is 1. The Hall–Kier alpha value is -0.450. The zero-order valence-electron chi connectivity index (χ0n) is 9.04. The van der Waals surface area contributed by atoms with Crippen molar-refractivity contribution in [2.24, 2.45) is 5.92 Å². The quantitative estimate of drug-likeness (QED) is 0.735. The maximum atomic E-state index is 11.9. The number of ether oxygens (including phenoxy) is 2. The molecule has 2 unspecified atom stereocenters. The Kier molecular flexibility index (Phi) is 4.11. The Balaban J connectivity index is 1.74. The molecule has 0 aromatic carbocycles. The molecule has 15 heavy (non-hydrogen) atoms. The van der Waals surface area contributed by atoms with Crippen LogP contribution in [-0.2, 0) is 14.3 Å². The summed E-state index contributed by atoms with van der Waals surface area (Å²) in [6.07, 6.45) is 2.60. The average Bonchev–Trinajstić information content (AvgIpc) is 2.31. The number of ketones is 1. The Morgan fingerprint density at radius 2 is 2.13 bits per heavy atom. The van der Waals surface area contributed by atoms with Crippen molar-refractivity contribution in [3.05, 3.63) is 0 Å². The van der Waals surface area contributed by atoms with E-state index in [1.807, 2.05) is 0 Å². The molecule has 0 amide bonds. The largest absolute Gasteiger partial charge is 0.381 e. The van der Waals surface area contributed by atoms with E-state index < -0.39 is 0 Å². The summed E-state index contributed by atoms with van der Waals surface area (Å²) < 4.78 is 10.6. The van der Waals surface area contributed by atoms with Crippen LogP contribution in [0.5, 0.6) is 0 Å². The molecule has 0 aromatic heterocycles. The van der Waals surface area contributed by atoms with Gasteiger partial charge in [0.25, 0.3) is 0 Å². The van der Waals surface area contributed by atoms with E-state index in [0.717, 1.165) is 32.6 Å². The molecule has 2 aliphatic rings. The van der Waals surface area contributed by atoms with E-state index in [0.29, 0.717) is 25.4 Å². The van der Waals surface area contributed by atoms with E-state index in [2.05, 4.69) is 5.32 Å². The van der Waals surface area contributed by atoms with Crippen LogP contribution in [0.3, 0.4) is 0 Å². The van der Waals surface area contributed by atoms with Gasteiger partial charge in [-0.05, 0) is 12.8 Å². The standard InChI is InChI=1S/C11H19NO3/c13-11(9-2-1-4-14-7-9)6-10-8-15-5-3-12-10/h9-10,12H,1-8H2. The topological polar surface area (TPSA) is 47.6 Å². The van der Waals surface area contributed by atoms with E-state index in [-0.39, 0.29) is 12.0 Å². The van der Waals surface area contributed by atoms with Crippen LogP contribution < -0.4 is 5.32 Å². The van der Waals surface area contributed by atoms with Crippen molar-refractivity contribution in [2.75, 3.05) is 33.0 Å². The molecule has 86 valence electrons. The fourth-order valence-corrected chi connectivity index (χ4v) is 2.16. The number of hydrogen-bond donors (Lipinski definition) is 1. The predicted molar refractivity (Wildman–Crippen MR) is 55.8 cm³/mol. The van der Waals surface area contributed by atoms with E-state index in [1.54, 1.807) is 0 Å². The lowest BCUT2D eigenvalue weighted by molar-refractivity contribution is -0.128. The molecule has 2 heterocycles. The van der Waals surface area contributed by atoms with Gasteiger partial charge in [0.05, 0.1) is 19.8 Å². The summed E-state index contributed by atoms with van der Waals surface area (Å²) in [6.45, 7) is 3.72. The van der Waals surface area contributed by atoms with Gasteiger partial charge in [0.1, 0.15) is 5.78 Å². The summed E-state index contributed by atoms with van der Waals surface area (Å²) in [7, 11) is 0. The van der Waals surface area contributed by atoms with Gasteiger partial charge < -0.3 is 14.8 Å². The monoisotopic (exact) mass is 213 g/mol. The molecule has 0 radical (unpaired) electrons. The first kappa shape index (κ1) is 11.0. The van der Waals surface area contributed by atoms with Crippen molar-refractivity contribution < 1.29 is 14.3 Å². The molecule has 4 nitrogen and oxygen atoms in total. The maximum Gasteiger partial charge on any atom is 0.139 e. The van der Waals surface area contributed by atoms with Gasteiger partial charge in [-0.1, -0.05) is 0 Å². The van der Waals surface area contributed by atoms with Crippen molar-refractivity contribution in [2.45, 2.75) is 25.3 Å². The first-order valence-electron chi connectivity index (χ1n) is 5.78. The number of hydrogen-bond acceptors (Lipinski definition) is 4. The number of rotatable bonds is 3. The van der Waals surface area contributed by atoms with Gasteiger partial charge in [-0.3, -0.25) is 4.79 Å². The van der Waals surface area contributed by atoms with Crippen molar-refractivity contribution in [1.82, 2.24) is 5.32 Å². The highest BCUT2D eigenvalue weighted by Crippen LogP contribution is 2.17. The van der Waals surface area contributed by atoms with Crippen molar-refractivity contribution in [3.8, 4) is 0 Å². The first-order valence-corrected chi connectivity index (χ1v) is 5.78. The number of morpholine rings is 1. The molecule has 0 aromatic rings. The van der Waals surface area contributed by atoms with Crippen LogP contribution in [0.2, 0.25) is 0 Å². The third kappa shape index (κ3) is 3.26. The Labute approximate surface area is 90.3 Å². The normalized spacial score (nSPS) is 32.5. The lowest BCUT2D eigenvalue weighted by atomic mass is 9.93. The van der Waals surface area contributed by atoms with E-state index in [9.17, 15) is 4.79 Å². The predicted octanol–water partition coefficient (Wildman–Crippen LogP) is 0.361. The molecular formula is C11H19NO3. The van der Waals surface area contributed by atoms with E-state index in [1.165, 1.54) is 0 Å². The van der Waals surface area contributed by atoms with Crippen LogP contribution in [0.25, 0.3) is 0 Å². The zero-order chi connectivity index (χ0) is 10.5. The number of carbonyl (C=O) groups excluding carboxylic acids is 1. The average molecular weight is 213 g/mol. The van der Waals surface area contributed by atoms with Gasteiger partial charge in [-0.15, -0.1) is 0 Å². The minimum Gasteiger partial charge on any atom is -0.381 e. The Morgan fingerprint density at radius 1 is 1.27 bits per heavy atom. The summed E-state index contributed by atoms with van der Waals surface area (Å²) in [5.74, 6) is 0.458. The highest BCUT2D eigenvalue weighted by molar-refractivity contribution is 5.81. The highest BCUT2D eigenvalue weighted by Gasteiger charge is 2.25. The second-order valence-corrected chi connectivity index (χ2v) is 4.31. The molecule has 0 bridgehead atoms. The van der Waals surface area contributed by atoms with Crippen LogP contribution in [0.1, 0.15) is 19.3 Å². The summed E-state index contributed by atoms with van der Waals surface area (Å²) in [6, 6.07) is 0.216. The molecular weight excluding hydrogens is 194 g/mol. The minimum absolute atomic E-state index is 0.127. The van der Waals surface area contributed by atoms with E-state index in [4.69, 9.17) is 9.47 Å². The fourth-order valence-electron chi connectivity index (χ4n) is 2.16. The van der Waals surface area contributed by atoms with Gasteiger partial charge >= 0.3 is 0 Å². The van der Waals surface area contributed by atoms with E-state index >= 15 is 0 Å². The molecule has 2 atom stereocenters. The minimum atomic E-state index is 0.127. The summed E-state index contributed by atoms with van der Waals surface area (Å²) in [5, 5.41) is 3.30. The first-order chi connectivity index (χ1) is 7.36. The second-order valence-electron chi connectivity index (χ2n) is 4.31. The third-order valence-electron chi connectivity index (χ3n) is 3.06. The summed E-state index contributed by atoms with van der Waals surface area (Å²) in [4.78, 5) is 11.9. The Bertz CT molecular complexity index is 208. The Morgan fingerprint density at radius 3 is 2.80 bits per heavy atom. The van der Waals surface area contributed by atoms with Crippen molar-refractivity contribution in [1.29, 1.82) is 0 Å². The lowest BCUT2D eigenvalue weighted by Crippen LogP contribution is -2.43. The van der Waals surface area contributed by atoms with Crippen molar-refractivity contribution in [3.63, 3.8) is 0 Å². The van der Waals surface area contributed by atoms with Gasteiger partial charge in [0.2, 0.25) is 0 Å². The lowest BCUT2D eigenvalue weighted by Gasteiger charge is -2.26. The molecule has 2 aliphatic heterocycles.